The van der Waals surface area contributed by atoms with Crippen molar-refractivity contribution < 1.29 is 14.3 Å². The molecule has 1 fully saturated rings. The zero-order chi connectivity index (χ0) is 24.1. The van der Waals surface area contributed by atoms with Crippen molar-refractivity contribution in [2.75, 3.05) is 19.7 Å². The molecule has 180 valence electrons. The second-order valence-electron chi connectivity index (χ2n) is 10.4. The summed E-state index contributed by atoms with van der Waals surface area (Å²) in [5, 5.41) is 9.28. The molecule has 4 unspecified atom stereocenters. The van der Waals surface area contributed by atoms with Gasteiger partial charge in [-0.3, -0.25) is 9.78 Å². The highest BCUT2D eigenvalue weighted by molar-refractivity contribution is 5.94. The van der Waals surface area contributed by atoms with E-state index in [1.807, 2.05) is 13.0 Å². The topological polar surface area (TPSA) is 79.5 Å². The quantitative estimate of drug-likeness (QED) is 0.693. The molecule has 0 radical (unpaired) electrons. The number of amides is 1. The lowest BCUT2D eigenvalue weighted by molar-refractivity contribution is 0.0545. The number of rotatable bonds is 5. The largest absolute Gasteiger partial charge is 0.395 e. The number of likely N-dealkylation sites (N-methyl/N-ethyl adjacent to an activating group) is 1. The number of aliphatic hydroxyl groups excluding tert-OH is 1. The van der Waals surface area contributed by atoms with Crippen molar-refractivity contribution in [3.05, 3.63) is 70.8 Å². The predicted molar refractivity (Wildman–Crippen MR) is 131 cm³/mol. The third kappa shape index (κ3) is 3.42. The maximum atomic E-state index is 13.9. The smallest absolute Gasteiger partial charge is 0.253 e. The molecule has 0 bridgehead atoms. The number of carbonyl (C=O) groups is 1. The number of fused-ring (bicyclic) bond motifs is 5. The van der Waals surface area contributed by atoms with E-state index in [-0.39, 0.29) is 29.3 Å². The number of halogens is 1. The van der Waals surface area contributed by atoms with Gasteiger partial charge in [0.1, 0.15) is 5.82 Å². The number of hydrogen-bond donors (Lipinski definition) is 2. The van der Waals surface area contributed by atoms with Gasteiger partial charge in [-0.05, 0) is 91.3 Å². The van der Waals surface area contributed by atoms with Gasteiger partial charge in [-0.1, -0.05) is 19.1 Å². The first-order chi connectivity index (χ1) is 16.3. The van der Waals surface area contributed by atoms with Crippen LogP contribution in [0.1, 0.15) is 72.5 Å². The van der Waals surface area contributed by atoms with Crippen LogP contribution in [0.15, 0.2) is 42.7 Å². The number of hydrogen-bond acceptors (Lipinski definition) is 4. The lowest BCUT2D eigenvalue weighted by atomic mass is 9.50. The van der Waals surface area contributed by atoms with Gasteiger partial charge in [0.2, 0.25) is 0 Å². The van der Waals surface area contributed by atoms with Crippen molar-refractivity contribution in [2.24, 2.45) is 17.1 Å². The lowest BCUT2D eigenvalue weighted by Crippen LogP contribution is -2.61. The molecule has 2 aromatic rings. The highest BCUT2D eigenvalue weighted by Gasteiger charge is 2.60. The van der Waals surface area contributed by atoms with Gasteiger partial charge in [0.15, 0.2) is 0 Å². The van der Waals surface area contributed by atoms with Crippen LogP contribution in [0.2, 0.25) is 0 Å². The molecule has 3 aliphatic rings. The van der Waals surface area contributed by atoms with Crippen molar-refractivity contribution in [1.29, 1.82) is 0 Å². The Hall–Kier alpha value is -2.57. The molecule has 5 nitrogen and oxygen atoms in total. The van der Waals surface area contributed by atoms with Crippen LogP contribution in [0.25, 0.3) is 5.57 Å². The maximum Gasteiger partial charge on any atom is 0.253 e. The number of carbonyl (C=O) groups excluding carboxylic acids is 1. The number of aliphatic hydroxyl groups is 1. The number of nitrogens with zero attached hydrogens (tertiary/aromatic N) is 2. The van der Waals surface area contributed by atoms with Gasteiger partial charge in [-0.15, -0.1) is 0 Å². The van der Waals surface area contributed by atoms with E-state index in [2.05, 4.69) is 30.1 Å². The molecular weight excluding hydrogens is 429 g/mol. The van der Waals surface area contributed by atoms with Crippen LogP contribution >= 0.6 is 0 Å². The van der Waals surface area contributed by atoms with E-state index in [0.29, 0.717) is 30.5 Å². The first-order valence-corrected chi connectivity index (χ1v) is 12.5. The van der Waals surface area contributed by atoms with Crippen molar-refractivity contribution in [1.82, 2.24) is 9.88 Å². The summed E-state index contributed by atoms with van der Waals surface area (Å²) in [6.45, 7) is 5.07. The van der Waals surface area contributed by atoms with Crippen molar-refractivity contribution in [3.63, 3.8) is 0 Å². The molecule has 1 aromatic heterocycles. The summed E-state index contributed by atoms with van der Waals surface area (Å²) in [6, 6.07) is 7.71. The van der Waals surface area contributed by atoms with Crippen LogP contribution in [0.4, 0.5) is 4.39 Å². The Morgan fingerprint density at radius 2 is 2.12 bits per heavy atom. The highest BCUT2D eigenvalue weighted by atomic mass is 19.1. The second-order valence-corrected chi connectivity index (χ2v) is 10.4. The van der Waals surface area contributed by atoms with Gasteiger partial charge in [-0.2, -0.15) is 0 Å². The molecule has 5 rings (SSSR count). The average molecular weight is 464 g/mol. The lowest BCUT2D eigenvalue weighted by Gasteiger charge is -2.57. The Labute approximate surface area is 200 Å². The normalized spacial score (nSPS) is 29.6. The number of benzene rings is 1. The predicted octanol–water partition coefficient (Wildman–Crippen LogP) is 4.31. The number of aryl methyl sites for hydroxylation is 1. The fourth-order valence-corrected chi connectivity index (χ4v) is 7.07. The average Bonchev–Trinajstić information content (AvgIpc) is 3.12. The Bertz CT molecular complexity index is 1150. The third-order valence-electron chi connectivity index (χ3n) is 8.94. The minimum absolute atomic E-state index is 0.0266. The Morgan fingerprint density at radius 3 is 2.85 bits per heavy atom. The van der Waals surface area contributed by atoms with Crippen molar-refractivity contribution in [2.45, 2.75) is 57.4 Å². The molecule has 34 heavy (non-hydrogen) atoms. The number of aromatic nitrogens is 1. The molecule has 6 heteroatoms. The fourth-order valence-electron chi connectivity index (χ4n) is 7.07. The Kier molecular flexibility index (Phi) is 5.85. The molecule has 1 heterocycles. The van der Waals surface area contributed by atoms with Crippen LogP contribution in [-0.2, 0) is 6.42 Å². The van der Waals surface area contributed by atoms with E-state index in [0.717, 1.165) is 43.2 Å². The second kappa shape index (κ2) is 8.58. The summed E-state index contributed by atoms with van der Waals surface area (Å²) in [7, 11) is 0. The van der Waals surface area contributed by atoms with E-state index in [4.69, 9.17) is 5.73 Å². The van der Waals surface area contributed by atoms with Crippen LogP contribution in [0, 0.1) is 17.2 Å². The first kappa shape index (κ1) is 23.2. The fraction of sp³-hybridized carbons (Fsp3) is 0.500. The number of nitrogens with two attached hydrogens (primary N) is 1. The van der Waals surface area contributed by atoms with Gasteiger partial charge in [0, 0.05) is 35.8 Å². The molecular formula is C28H34FN3O2. The summed E-state index contributed by atoms with van der Waals surface area (Å²) in [4.78, 5) is 18.7. The summed E-state index contributed by atoms with van der Waals surface area (Å²) in [6.07, 6.45) is 9.84. The van der Waals surface area contributed by atoms with E-state index in [1.54, 1.807) is 17.2 Å². The van der Waals surface area contributed by atoms with Crippen LogP contribution < -0.4 is 5.73 Å². The van der Waals surface area contributed by atoms with E-state index in [1.165, 1.54) is 17.3 Å². The summed E-state index contributed by atoms with van der Waals surface area (Å²) in [5.74, 6) is 0.352. The Morgan fingerprint density at radius 1 is 1.29 bits per heavy atom. The Balaban J connectivity index is 1.43. The molecule has 0 saturated heterocycles. The monoisotopic (exact) mass is 463 g/mol. The zero-order valence-corrected chi connectivity index (χ0v) is 20.1. The minimum Gasteiger partial charge on any atom is -0.395 e. The number of pyridine rings is 1. The summed E-state index contributed by atoms with van der Waals surface area (Å²) in [5.41, 5.74) is 11.9. The molecule has 1 amide bonds. The molecule has 3 aliphatic carbocycles. The zero-order valence-electron chi connectivity index (χ0n) is 20.1. The molecule has 3 N–H and O–H groups in total. The van der Waals surface area contributed by atoms with Crippen LogP contribution in [0.5, 0.6) is 0 Å². The minimum atomic E-state index is -0.385. The highest BCUT2D eigenvalue weighted by Crippen LogP contribution is 2.64. The van der Waals surface area contributed by atoms with Crippen LogP contribution in [-0.4, -0.2) is 46.1 Å². The molecule has 1 aromatic carbocycles. The van der Waals surface area contributed by atoms with E-state index >= 15 is 0 Å². The molecule has 0 spiro atoms. The van der Waals surface area contributed by atoms with Gasteiger partial charge < -0.3 is 15.7 Å². The standard InChI is InChI=1S/C28H34FN3O2/c1-3-32(12-13-33)26(34)19-4-6-22-18(14-19)5-7-25-23(22)8-10-27(2)24(9-11-28(25,27)30)20-15-21(29)17-31-16-20/h4,6,9,14-17,23,25,33H,3,5,7-8,10-13,30H2,1-2H3. The molecule has 1 saturated carbocycles. The summed E-state index contributed by atoms with van der Waals surface area (Å²) < 4.78 is 13.9. The van der Waals surface area contributed by atoms with E-state index < -0.39 is 0 Å². The van der Waals surface area contributed by atoms with E-state index in [9.17, 15) is 14.3 Å². The summed E-state index contributed by atoms with van der Waals surface area (Å²) >= 11 is 0. The molecule has 0 aliphatic heterocycles. The van der Waals surface area contributed by atoms with Gasteiger partial charge in [0.05, 0.1) is 12.8 Å². The van der Waals surface area contributed by atoms with Crippen molar-refractivity contribution >= 4 is 11.5 Å². The van der Waals surface area contributed by atoms with Crippen LogP contribution in [0.3, 0.4) is 0 Å². The molecule has 4 atom stereocenters. The first-order valence-electron chi connectivity index (χ1n) is 12.5. The van der Waals surface area contributed by atoms with Gasteiger partial charge >= 0.3 is 0 Å². The van der Waals surface area contributed by atoms with Gasteiger partial charge in [0.25, 0.3) is 5.91 Å². The maximum absolute atomic E-state index is 13.9. The SMILES string of the molecule is CCN(CCO)C(=O)c1ccc2c(c1)CCC1C2CCC2(C)C(c3cncc(F)c3)=CCC12N. The van der Waals surface area contributed by atoms with Crippen molar-refractivity contribution in [3.8, 4) is 0 Å². The third-order valence-corrected chi connectivity index (χ3v) is 8.94. The van der Waals surface area contributed by atoms with Gasteiger partial charge in [-0.25, -0.2) is 4.39 Å².